The SMILES string of the molecule is COc1ccc(S(=O)(=O)NCc2ccccn2)cc1Nc1ncc(-c2ccc(F)cc2)o1. The third kappa shape index (κ3) is 4.93. The molecule has 0 radical (unpaired) electrons. The number of nitrogens with zero attached hydrogens (tertiary/aromatic N) is 2. The monoisotopic (exact) mass is 454 g/mol. The summed E-state index contributed by atoms with van der Waals surface area (Å²) < 4.78 is 52.1. The van der Waals surface area contributed by atoms with Gasteiger partial charge in [-0.3, -0.25) is 4.98 Å². The molecule has 0 aliphatic rings. The minimum absolute atomic E-state index is 0.0297. The molecule has 0 saturated carbocycles. The van der Waals surface area contributed by atoms with Crippen molar-refractivity contribution in [1.29, 1.82) is 0 Å². The van der Waals surface area contributed by atoms with Gasteiger partial charge in [0.25, 0.3) is 6.01 Å². The van der Waals surface area contributed by atoms with Crippen LogP contribution in [0.4, 0.5) is 16.1 Å². The minimum atomic E-state index is -3.81. The number of benzene rings is 2. The van der Waals surface area contributed by atoms with E-state index < -0.39 is 10.0 Å². The molecule has 32 heavy (non-hydrogen) atoms. The predicted molar refractivity (Wildman–Crippen MR) is 116 cm³/mol. The number of hydrogen-bond donors (Lipinski definition) is 2. The van der Waals surface area contributed by atoms with Gasteiger partial charge in [0.15, 0.2) is 5.76 Å². The second kappa shape index (κ2) is 9.16. The third-order valence-corrected chi connectivity index (χ3v) is 5.93. The van der Waals surface area contributed by atoms with Gasteiger partial charge in [0.2, 0.25) is 10.0 Å². The summed E-state index contributed by atoms with van der Waals surface area (Å²) in [6.07, 6.45) is 3.08. The van der Waals surface area contributed by atoms with Crippen LogP contribution in [0.3, 0.4) is 0 Å². The number of methoxy groups -OCH3 is 1. The normalized spacial score (nSPS) is 11.3. The van der Waals surface area contributed by atoms with E-state index in [0.29, 0.717) is 28.5 Å². The fourth-order valence-corrected chi connectivity index (χ4v) is 3.93. The topological polar surface area (TPSA) is 106 Å². The minimum Gasteiger partial charge on any atom is -0.495 e. The Morgan fingerprint density at radius 2 is 1.88 bits per heavy atom. The smallest absolute Gasteiger partial charge is 0.299 e. The lowest BCUT2D eigenvalue weighted by Gasteiger charge is -2.12. The fourth-order valence-electron chi connectivity index (χ4n) is 2.90. The number of oxazole rings is 1. The van der Waals surface area contributed by atoms with Gasteiger partial charge in [-0.25, -0.2) is 22.5 Å². The van der Waals surface area contributed by atoms with Crippen molar-refractivity contribution in [3.05, 3.63) is 84.6 Å². The number of pyridine rings is 1. The zero-order chi connectivity index (χ0) is 22.6. The van der Waals surface area contributed by atoms with Crippen molar-refractivity contribution in [3.63, 3.8) is 0 Å². The van der Waals surface area contributed by atoms with E-state index >= 15 is 0 Å². The van der Waals surface area contributed by atoms with E-state index in [1.807, 2.05) is 0 Å². The molecule has 0 aliphatic heterocycles. The van der Waals surface area contributed by atoms with Gasteiger partial charge in [-0.2, -0.15) is 0 Å². The summed E-state index contributed by atoms with van der Waals surface area (Å²) in [6.45, 7) is 0.0543. The maximum atomic E-state index is 13.1. The molecule has 0 fully saturated rings. The Bertz CT molecular complexity index is 1310. The van der Waals surface area contributed by atoms with Crippen LogP contribution in [0.2, 0.25) is 0 Å². The van der Waals surface area contributed by atoms with Crippen molar-refractivity contribution in [2.45, 2.75) is 11.4 Å². The molecule has 0 unspecified atom stereocenters. The zero-order valence-electron chi connectivity index (χ0n) is 16.9. The molecule has 0 bridgehead atoms. The molecule has 0 spiro atoms. The number of ether oxygens (including phenoxy) is 1. The van der Waals surface area contributed by atoms with Gasteiger partial charge < -0.3 is 14.5 Å². The first-order valence-electron chi connectivity index (χ1n) is 9.51. The lowest BCUT2D eigenvalue weighted by atomic mass is 10.2. The second-order valence-corrected chi connectivity index (χ2v) is 8.44. The van der Waals surface area contributed by atoms with Crippen LogP contribution in [0, 0.1) is 5.82 Å². The van der Waals surface area contributed by atoms with Crippen LogP contribution in [0.1, 0.15) is 5.69 Å². The molecule has 8 nitrogen and oxygen atoms in total. The molecule has 4 aromatic rings. The van der Waals surface area contributed by atoms with Crippen molar-refractivity contribution < 1.29 is 22.0 Å². The van der Waals surface area contributed by atoms with E-state index in [9.17, 15) is 12.8 Å². The van der Waals surface area contributed by atoms with E-state index in [4.69, 9.17) is 9.15 Å². The first-order chi connectivity index (χ1) is 15.4. The summed E-state index contributed by atoms with van der Waals surface area (Å²) in [5.74, 6) is 0.466. The highest BCUT2D eigenvalue weighted by molar-refractivity contribution is 7.89. The maximum Gasteiger partial charge on any atom is 0.299 e. The van der Waals surface area contributed by atoms with Crippen LogP contribution in [-0.2, 0) is 16.6 Å². The number of hydrogen-bond acceptors (Lipinski definition) is 7. The molecule has 164 valence electrons. The third-order valence-electron chi connectivity index (χ3n) is 4.53. The van der Waals surface area contributed by atoms with E-state index in [2.05, 4.69) is 20.0 Å². The van der Waals surface area contributed by atoms with E-state index in [-0.39, 0.29) is 23.3 Å². The van der Waals surface area contributed by atoms with Crippen molar-refractivity contribution in [3.8, 4) is 17.1 Å². The Labute approximate surface area is 184 Å². The van der Waals surface area contributed by atoms with E-state index in [1.54, 1.807) is 36.5 Å². The number of aromatic nitrogens is 2. The van der Waals surface area contributed by atoms with Gasteiger partial charge in [0.05, 0.1) is 36.1 Å². The van der Waals surface area contributed by atoms with E-state index in [0.717, 1.165) is 0 Å². The summed E-state index contributed by atoms with van der Waals surface area (Å²) in [4.78, 5) is 8.29. The lowest BCUT2D eigenvalue weighted by Crippen LogP contribution is -2.23. The molecule has 0 amide bonds. The molecule has 4 rings (SSSR count). The predicted octanol–water partition coefficient (Wildman–Crippen LogP) is 4.11. The molecule has 0 atom stereocenters. The van der Waals surface area contributed by atoms with Crippen LogP contribution < -0.4 is 14.8 Å². The van der Waals surface area contributed by atoms with Crippen molar-refractivity contribution in [1.82, 2.24) is 14.7 Å². The van der Waals surface area contributed by atoms with Gasteiger partial charge in [-0.1, -0.05) is 6.07 Å². The molecule has 2 heterocycles. The molecule has 0 aliphatic carbocycles. The van der Waals surface area contributed by atoms with Crippen LogP contribution in [0.5, 0.6) is 5.75 Å². The number of nitrogens with one attached hydrogen (secondary N) is 2. The average molecular weight is 454 g/mol. The largest absolute Gasteiger partial charge is 0.495 e. The Morgan fingerprint density at radius 1 is 1.06 bits per heavy atom. The summed E-state index contributed by atoms with van der Waals surface area (Å²) in [5.41, 5.74) is 1.59. The highest BCUT2D eigenvalue weighted by atomic mass is 32.2. The summed E-state index contributed by atoms with van der Waals surface area (Å²) in [7, 11) is -2.35. The molecular weight excluding hydrogens is 435 g/mol. The Balaban J connectivity index is 1.55. The van der Waals surface area contributed by atoms with Gasteiger partial charge in [-0.15, -0.1) is 0 Å². The number of rotatable bonds is 8. The first kappa shape index (κ1) is 21.5. The molecule has 10 heteroatoms. The molecule has 2 aromatic carbocycles. The summed E-state index contributed by atoms with van der Waals surface area (Å²) in [5, 5.41) is 2.93. The van der Waals surface area contributed by atoms with Gasteiger partial charge >= 0.3 is 0 Å². The fraction of sp³-hybridized carbons (Fsp3) is 0.0909. The highest BCUT2D eigenvalue weighted by Gasteiger charge is 2.18. The van der Waals surface area contributed by atoms with Crippen LogP contribution >= 0.6 is 0 Å². The molecule has 2 aromatic heterocycles. The Kier molecular flexibility index (Phi) is 6.15. The summed E-state index contributed by atoms with van der Waals surface area (Å²) in [6, 6.07) is 15.5. The van der Waals surface area contributed by atoms with Gasteiger partial charge in [0, 0.05) is 11.8 Å². The maximum absolute atomic E-state index is 13.1. The van der Waals surface area contributed by atoms with E-state index in [1.165, 1.54) is 43.6 Å². The molecular formula is C22H19FN4O4S. The summed E-state index contributed by atoms with van der Waals surface area (Å²) >= 11 is 0. The zero-order valence-corrected chi connectivity index (χ0v) is 17.8. The standard InChI is InChI=1S/C22H19FN4O4S/c1-30-20-10-9-18(32(28,29)26-13-17-4-2-3-11-24-17)12-19(20)27-22-25-14-21(31-22)15-5-7-16(23)8-6-15/h2-12,14,26H,13H2,1H3,(H,25,27). The number of sulfonamides is 1. The number of anilines is 2. The van der Waals surface area contributed by atoms with Crippen LogP contribution in [-0.4, -0.2) is 25.5 Å². The Hall–Kier alpha value is -3.76. The van der Waals surface area contributed by atoms with Crippen LogP contribution in [0.25, 0.3) is 11.3 Å². The van der Waals surface area contributed by atoms with Crippen molar-refractivity contribution in [2.24, 2.45) is 0 Å². The highest BCUT2D eigenvalue weighted by Crippen LogP contribution is 2.31. The number of halogens is 1. The second-order valence-electron chi connectivity index (χ2n) is 6.67. The average Bonchev–Trinajstić information content (AvgIpc) is 3.27. The quantitative estimate of drug-likeness (QED) is 0.413. The van der Waals surface area contributed by atoms with Gasteiger partial charge in [-0.05, 0) is 54.6 Å². The first-order valence-corrected chi connectivity index (χ1v) is 11.0. The lowest BCUT2D eigenvalue weighted by molar-refractivity contribution is 0.416. The Morgan fingerprint density at radius 3 is 2.59 bits per heavy atom. The van der Waals surface area contributed by atoms with Crippen LogP contribution in [0.15, 0.2) is 82.4 Å². The van der Waals surface area contributed by atoms with Crippen molar-refractivity contribution in [2.75, 3.05) is 12.4 Å². The van der Waals surface area contributed by atoms with Gasteiger partial charge in [0.1, 0.15) is 11.6 Å². The molecule has 0 saturated heterocycles. The molecule has 2 N–H and O–H groups in total. The van der Waals surface area contributed by atoms with Crippen molar-refractivity contribution >= 4 is 21.7 Å².